The van der Waals surface area contributed by atoms with Crippen LogP contribution in [0.1, 0.15) is 239 Å². The third-order valence-corrected chi connectivity index (χ3v) is 25.8. The topological polar surface area (TPSA) is 441 Å². The number of hydrogen-bond donors (Lipinski definition) is 0. The molecule has 0 aromatic carbocycles. The quantitative estimate of drug-likeness (QED) is 0.192. The monoisotopic (exact) mass is 1900 g/mol. The number of hydrogen-bond acceptors (Lipinski definition) is 41. The predicted octanol–water partition coefficient (Wildman–Crippen LogP) is 7.79. The number of esters is 8. The van der Waals surface area contributed by atoms with Crippen LogP contribution in [-0.4, -0.2) is 335 Å². The second kappa shape index (κ2) is 45.6. The zero-order valence-corrected chi connectivity index (χ0v) is 80.2. The van der Waals surface area contributed by atoms with E-state index in [1.54, 1.807) is 13.8 Å². The molecule has 0 aromatic heterocycles. The Labute approximate surface area is 777 Å². The van der Waals surface area contributed by atoms with Gasteiger partial charge in [0, 0.05) is 71.1 Å². The molecule has 41 heteroatoms. The molecule has 0 aliphatic carbocycles. The first kappa shape index (κ1) is 105. The van der Waals surface area contributed by atoms with Gasteiger partial charge in [0.1, 0.15) is 111 Å². The molecule has 0 saturated carbocycles. The zero-order chi connectivity index (χ0) is 95.4. The van der Waals surface area contributed by atoms with Crippen LogP contribution >= 0.6 is 0 Å². The summed E-state index contributed by atoms with van der Waals surface area (Å²) in [4.78, 5) is 97.7. The Bertz CT molecular complexity index is 3630. The first-order valence-corrected chi connectivity index (χ1v) is 47.7. The van der Waals surface area contributed by atoms with Crippen LogP contribution in [0.15, 0.2) is 0 Å². The Balaban J connectivity index is 0.000000151. The standard InChI is InChI=1S/C26H42O10.C24H38O10.C23H36O10.C19H28O11/c1-17(2)14-26(5)35-22-18-15-31-24(3,33-18)10-8-20(27)29-12-6-7-13-30-21(28)9-11-25(4)32-16-19(34-25)23(22)36-26;1-15(2)24(5)33-20-16-13-29-22(3,31-16)9-7-18(25)27-11-6-12-28-19(26)8-10-23(4)30-14-17(32-23)21(20)34-24;1-23(2)32-21-15-13-28-19(30-15)9-7-17(24)26-11-5-3-4-6-12-27-18(25)8-10-20-29-14-16(31-20)22(21)33-23;1-17(2)29-13-11-9-25-18(3,27-11)15(20)23-7-5-22-6-8-24-16(21)19(4)26-10-12(28-19)14(13)30-17/h17-19,22-23H,6-16H2,1-5H3;15-17,20-21H,6-14H2,1-5H3;15-16,19-22H,3-14H2,1-2H3;11-14H,5-10H2,1-4H3. The fourth-order valence-electron chi connectivity index (χ4n) is 18.5. The average molecular weight is 1910 g/mol. The van der Waals surface area contributed by atoms with Crippen molar-refractivity contribution in [2.75, 3.05) is 119 Å². The molecule has 16 saturated heterocycles. The Kier molecular flexibility index (Phi) is 36.0. The van der Waals surface area contributed by atoms with Crippen molar-refractivity contribution in [1.29, 1.82) is 0 Å². The van der Waals surface area contributed by atoms with Crippen LogP contribution in [-0.2, 0) is 195 Å². The maximum atomic E-state index is 12.5. The summed E-state index contributed by atoms with van der Waals surface area (Å²) in [5.74, 6) is -13.0. The Morgan fingerprint density at radius 2 is 0.564 bits per heavy atom. The molecular weight excluding hydrogens is 1760 g/mol. The van der Waals surface area contributed by atoms with Crippen molar-refractivity contribution in [3.63, 3.8) is 0 Å². The van der Waals surface area contributed by atoms with E-state index < -0.39 is 168 Å². The first-order valence-electron chi connectivity index (χ1n) is 47.7. The van der Waals surface area contributed by atoms with Crippen LogP contribution in [0.2, 0.25) is 0 Å². The van der Waals surface area contributed by atoms with Crippen molar-refractivity contribution < 1.29 is 195 Å². The van der Waals surface area contributed by atoms with E-state index >= 15 is 0 Å². The average Bonchev–Trinajstić information content (AvgIpc) is 1.59. The summed E-state index contributed by atoms with van der Waals surface area (Å²) in [5.41, 5.74) is 0. The van der Waals surface area contributed by atoms with Gasteiger partial charge in [-0.05, 0) is 114 Å². The Hall–Kier alpha value is -5.24. The van der Waals surface area contributed by atoms with E-state index in [-0.39, 0.29) is 159 Å². The van der Waals surface area contributed by atoms with E-state index in [2.05, 4.69) is 13.8 Å². The summed E-state index contributed by atoms with van der Waals surface area (Å²) in [7, 11) is 0. The molecule has 16 aliphatic rings. The largest absolute Gasteiger partial charge is 0.466 e. The van der Waals surface area contributed by atoms with Gasteiger partial charge >= 0.3 is 47.8 Å². The molecule has 0 spiro atoms. The van der Waals surface area contributed by atoms with E-state index in [1.807, 2.05) is 69.2 Å². The molecule has 133 heavy (non-hydrogen) atoms. The third kappa shape index (κ3) is 28.8. The van der Waals surface area contributed by atoms with Crippen molar-refractivity contribution in [3.05, 3.63) is 0 Å². The fraction of sp³-hybridized carbons (Fsp3) is 0.913. The Morgan fingerprint density at radius 1 is 0.278 bits per heavy atom. The van der Waals surface area contributed by atoms with Crippen molar-refractivity contribution in [2.45, 2.75) is 407 Å². The molecule has 16 heterocycles. The Morgan fingerprint density at radius 3 is 0.895 bits per heavy atom. The normalized spacial score (nSPS) is 42.9. The molecule has 24 unspecified atom stereocenters. The predicted molar refractivity (Wildman–Crippen MR) is 449 cm³/mol. The molecule has 16 fully saturated rings. The molecule has 0 N–H and O–H groups in total. The van der Waals surface area contributed by atoms with Crippen LogP contribution in [0.5, 0.6) is 0 Å². The van der Waals surface area contributed by atoms with Gasteiger partial charge < -0.3 is 156 Å². The van der Waals surface area contributed by atoms with Crippen LogP contribution in [0, 0.1) is 11.8 Å². The van der Waals surface area contributed by atoms with Gasteiger partial charge in [0.25, 0.3) is 11.6 Å². The van der Waals surface area contributed by atoms with Crippen LogP contribution in [0.4, 0.5) is 0 Å². The first-order chi connectivity index (χ1) is 63.0. The molecule has 16 rings (SSSR count). The van der Waals surface area contributed by atoms with E-state index in [0.29, 0.717) is 123 Å². The summed E-state index contributed by atoms with van der Waals surface area (Å²) < 4.78 is 194. The summed E-state index contributed by atoms with van der Waals surface area (Å²) in [6.07, 6.45) is 0.700. The summed E-state index contributed by atoms with van der Waals surface area (Å²) in [5, 5.41) is 0. The maximum absolute atomic E-state index is 12.5. The maximum Gasteiger partial charge on any atom is 0.366 e. The number of cyclic esters (lactones) is 8. The van der Waals surface area contributed by atoms with Gasteiger partial charge in [-0.25, -0.2) is 9.59 Å². The second-order valence-electron chi connectivity index (χ2n) is 39.2. The molecule has 0 aromatic rings. The highest BCUT2D eigenvalue weighted by atomic mass is 16.9. The zero-order valence-electron chi connectivity index (χ0n) is 80.2. The number of carbonyl (C=O) groups is 8. The molecule has 0 amide bonds. The lowest BCUT2D eigenvalue weighted by atomic mass is 10.0. The van der Waals surface area contributed by atoms with Crippen LogP contribution in [0.25, 0.3) is 0 Å². The van der Waals surface area contributed by atoms with Gasteiger partial charge in [0.05, 0.1) is 144 Å². The molecule has 0 radical (unpaired) electrons. The highest BCUT2D eigenvalue weighted by molar-refractivity contribution is 5.78. The SMILES string of the molecule is CC(C)C1(C)OC2C3COC(C)(CCC(=O)OCCCOC(=O)CCC4(C)OCC(O4)C2O1)O3.CC(C)CC1(C)OC2C3COC(C)(CCC(=O)OCCCCOC(=O)CCC4(C)OCC(O4)C2O1)O3.CC1(C)OC2C3COC(C)(O3)C(=O)OCCOCCOC(=O)C3(C)OCC(O3)C2O1.CC1(C)OC2C3COC(CCC(=O)OCCCCCCOC(=O)CCC4OCC(O4)C2O1)O3. The number of carbonyl (C=O) groups excluding carboxylic acids is 8. The number of fused-ring (bicyclic) bond motifs is 28. The van der Waals surface area contributed by atoms with E-state index in [9.17, 15) is 38.4 Å². The minimum absolute atomic E-state index is 0.00443. The molecular formula is C92H144O41. The van der Waals surface area contributed by atoms with Gasteiger partial charge in [-0.3, -0.25) is 28.8 Å². The summed E-state index contributed by atoms with van der Waals surface area (Å²) >= 11 is 0. The molecule has 41 nitrogen and oxygen atoms in total. The lowest BCUT2D eigenvalue weighted by molar-refractivity contribution is -0.213. The highest BCUT2D eigenvalue weighted by Crippen LogP contribution is 2.49. The minimum Gasteiger partial charge on any atom is -0.466 e. The highest BCUT2D eigenvalue weighted by Gasteiger charge is 2.63. The molecule has 24 atom stereocenters. The summed E-state index contributed by atoms with van der Waals surface area (Å²) in [6, 6.07) is 0. The van der Waals surface area contributed by atoms with E-state index in [1.165, 1.54) is 13.8 Å². The molecule has 758 valence electrons. The van der Waals surface area contributed by atoms with Crippen molar-refractivity contribution in [3.8, 4) is 0 Å². The lowest BCUT2D eigenvalue weighted by Crippen LogP contribution is -2.47. The van der Waals surface area contributed by atoms with E-state index in [0.717, 1.165) is 25.7 Å². The second-order valence-corrected chi connectivity index (χ2v) is 39.2. The lowest BCUT2D eigenvalue weighted by Gasteiger charge is -2.28. The van der Waals surface area contributed by atoms with Crippen molar-refractivity contribution >= 4 is 47.8 Å². The van der Waals surface area contributed by atoms with Gasteiger partial charge in [-0.1, -0.05) is 27.7 Å². The van der Waals surface area contributed by atoms with Gasteiger partial charge in [-0.15, -0.1) is 0 Å². The fourth-order valence-corrected chi connectivity index (χ4v) is 18.5. The third-order valence-electron chi connectivity index (χ3n) is 25.8. The minimum atomic E-state index is -1.57. The number of rotatable bonds is 3. The van der Waals surface area contributed by atoms with Crippen LogP contribution in [0.3, 0.4) is 0 Å². The van der Waals surface area contributed by atoms with Gasteiger partial charge in [-0.2, -0.15) is 0 Å². The number of ether oxygens (including phenoxy) is 33. The smallest absolute Gasteiger partial charge is 0.366 e. The summed E-state index contributed by atoms with van der Waals surface area (Å²) in [6.45, 7) is 33.8. The van der Waals surface area contributed by atoms with Crippen molar-refractivity contribution in [2.24, 2.45) is 11.8 Å². The van der Waals surface area contributed by atoms with Crippen molar-refractivity contribution in [1.82, 2.24) is 0 Å². The van der Waals surface area contributed by atoms with Gasteiger partial charge in [0.15, 0.2) is 58.9 Å². The molecule has 16 aliphatic heterocycles. The van der Waals surface area contributed by atoms with Crippen LogP contribution < -0.4 is 0 Å². The molecule has 16 bridgehead atoms. The van der Waals surface area contributed by atoms with E-state index in [4.69, 9.17) is 156 Å². The van der Waals surface area contributed by atoms with Gasteiger partial charge in [0.2, 0.25) is 0 Å².